The van der Waals surface area contributed by atoms with Crippen LogP contribution in [0.25, 0.3) is 0 Å². The van der Waals surface area contributed by atoms with Crippen LogP contribution < -0.4 is 5.32 Å². The van der Waals surface area contributed by atoms with E-state index in [4.69, 9.17) is 0 Å². The Kier molecular flexibility index (Phi) is 3.14. The summed E-state index contributed by atoms with van der Waals surface area (Å²) in [5, 5.41) is 4.42. The Bertz CT molecular complexity index is 361. The zero-order valence-electron chi connectivity index (χ0n) is 9.50. The summed E-state index contributed by atoms with van der Waals surface area (Å²) in [5.41, 5.74) is 1.17. The van der Waals surface area contributed by atoms with Gasteiger partial charge >= 0.3 is 0 Å². The lowest BCUT2D eigenvalue weighted by Gasteiger charge is -2.11. The minimum atomic E-state index is 0.619. The molecule has 0 aromatic carbocycles. The maximum Gasteiger partial charge on any atom is 0.135 e. The number of hydrogen-bond acceptors (Lipinski definition) is 4. The third-order valence-corrected chi connectivity index (χ3v) is 3.38. The van der Waals surface area contributed by atoms with E-state index in [9.17, 15) is 0 Å². The van der Waals surface area contributed by atoms with Gasteiger partial charge in [0.15, 0.2) is 0 Å². The third-order valence-electron chi connectivity index (χ3n) is 2.60. The summed E-state index contributed by atoms with van der Waals surface area (Å²) in [5.74, 6) is 2.66. The van der Waals surface area contributed by atoms with E-state index in [-0.39, 0.29) is 0 Å². The van der Waals surface area contributed by atoms with E-state index in [0.29, 0.717) is 5.92 Å². The first-order chi connectivity index (χ1) is 7.26. The van der Waals surface area contributed by atoms with Gasteiger partial charge in [-0.2, -0.15) is 0 Å². The Hall–Kier alpha value is -0.770. The molecule has 1 fully saturated rings. The summed E-state index contributed by atoms with van der Waals surface area (Å²) in [4.78, 5) is 9.20. The first-order valence-electron chi connectivity index (χ1n) is 5.42. The predicted octanol–water partition coefficient (Wildman–Crippen LogP) is 2.82. The lowest BCUT2D eigenvalue weighted by molar-refractivity contribution is 0.862. The van der Waals surface area contributed by atoms with Crippen molar-refractivity contribution >= 4 is 17.6 Å². The zero-order valence-corrected chi connectivity index (χ0v) is 10.3. The topological polar surface area (TPSA) is 37.8 Å². The number of nitrogens with one attached hydrogen (secondary N) is 1. The van der Waals surface area contributed by atoms with E-state index in [1.807, 2.05) is 0 Å². The summed E-state index contributed by atoms with van der Waals surface area (Å²) in [6, 6.07) is 0. The van der Waals surface area contributed by atoms with Crippen molar-refractivity contribution in [3.63, 3.8) is 0 Å². The quantitative estimate of drug-likeness (QED) is 0.629. The van der Waals surface area contributed by atoms with Crippen LogP contribution in [0.15, 0.2) is 5.03 Å². The van der Waals surface area contributed by atoms with Crippen LogP contribution >= 0.6 is 11.8 Å². The van der Waals surface area contributed by atoms with E-state index in [2.05, 4.69) is 35.4 Å². The highest BCUT2D eigenvalue weighted by atomic mass is 32.2. The van der Waals surface area contributed by atoms with Gasteiger partial charge in [-0.05, 0) is 32.9 Å². The fourth-order valence-corrected chi connectivity index (χ4v) is 2.16. The second kappa shape index (κ2) is 4.39. The van der Waals surface area contributed by atoms with Gasteiger partial charge in [0, 0.05) is 18.0 Å². The van der Waals surface area contributed by atoms with Crippen LogP contribution in [0.3, 0.4) is 0 Å². The molecule has 0 saturated heterocycles. The minimum Gasteiger partial charge on any atom is -0.370 e. The number of rotatable bonds is 4. The molecule has 4 heteroatoms. The summed E-state index contributed by atoms with van der Waals surface area (Å²) in [6.45, 7) is 5.09. The van der Waals surface area contributed by atoms with Gasteiger partial charge < -0.3 is 5.32 Å². The molecule has 1 heterocycles. The second-order valence-corrected chi connectivity index (χ2v) is 4.66. The zero-order chi connectivity index (χ0) is 10.8. The minimum absolute atomic E-state index is 0.619. The van der Waals surface area contributed by atoms with Crippen LogP contribution in [0.2, 0.25) is 0 Å². The van der Waals surface area contributed by atoms with Gasteiger partial charge in [-0.25, -0.2) is 9.97 Å². The van der Waals surface area contributed by atoms with Crippen molar-refractivity contribution in [2.75, 3.05) is 18.1 Å². The van der Waals surface area contributed by atoms with Gasteiger partial charge in [-0.3, -0.25) is 0 Å². The molecule has 0 aliphatic heterocycles. The predicted molar refractivity (Wildman–Crippen MR) is 64.7 cm³/mol. The fraction of sp³-hybridized carbons (Fsp3) is 0.636. The molecule has 1 saturated carbocycles. The number of thioether (sulfide) groups is 1. The largest absolute Gasteiger partial charge is 0.370 e. The van der Waals surface area contributed by atoms with E-state index < -0.39 is 0 Å². The number of nitrogens with zero attached hydrogens (tertiary/aromatic N) is 2. The molecular weight excluding hydrogens is 206 g/mol. The van der Waals surface area contributed by atoms with Crippen LogP contribution in [-0.2, 0) is 0 Å². The highest BCUT2D eigenvalue weighted by Crippen LogP contribution is 2.39. The van der Waals surface area contributed by atoms with Gasteiger partial charge in [0.25, 0.3) is 0 Å². The van der Waals surface area contributed by atoms with E-state index in [1.165, 1.54) is 18.4 Å². The van der Waals surface area contributed by atoms with Gasteiger partial charge in [0.2, 0.25) is 0 Å². The van der Waals surface area contributed by atoms with Crippen LogP contribution in [0.4, 0.5) is 5.82 Å². The Morgan fingerprint density at radius 1 is 1.40 bits per heavy atom. The molecule has 1 aliphatic rings. The first-order valence-corrected chi connectivity index (χ1v) is 6.65. The van der Waals surface area contributed by atoms with E-state index >= 15 is 0 Å². The van der Waals surface area contributed by atoms with Crippen molar-refractivity contribution in [3.8, 4) is 0 Å². The molecule has 82 valence electrons. The Morgan fingerprint density at radius 3 is 2.67 bits per heavy atom. The SMILES string of the molecule is CCNc1nc(C2CC2)nc(SC)c1C. The normalized spacial score (nSPS) is 15.4. The maximum absolute atomic E-state index is 4.61. The average Bonchev–Trinajstić information content (AvgIpc) is 3.05. The molecule has 1 N–H and O–H groups in total. The third kappa shape index (κ3) is 2.25. The van der Waals surface area contributed by atoms with E-state index in [0.717, 1.165) is 23.2 Å². The fourth-order valence-electron chi connectivity index (χ4n) is 1.57. The highest BCUT2D eigenvalue weighted by Gasteiger charge is 2.27. The molecule has 2 rings (SSSR count). The second-order valence-electron chi connectivity index (χ2n) is 3.87. The molecule has 15 heavy (non-hydrogen) atoms. The molecule has 0 atom stereocenters. The van der Waals surface area contributed by atoms with Crippen molar-refractivity contribution in [2.24, 2.45) is 0 Å². The molecule has 0 amide bonds. The molecule has 1 aliphatic carbocycles. The van der Waals surface area contributed by atoms with Crippen molar-refractivity contribution in [1.29, 1.82) is 0 Å². The van der Waals surface area contributed by atoms with Gasteiger partial charge in [-0.1, -0.05) is 0 Å². The Labute approximate surface area is 95.1 Å². The molecule has 1 aromatic heterocycles. The van der Waals surface area contributed by atoms with Crippen molar-refractivity contribution in [1.82, 2.24) is 9.97 Å². The van der Waals surface area contributed by atoms with Gasteiger partial charge in [0.1, 0.15) is 16.7 Å². The number of hydrogen-bond donors (Lipinski definition) is 1. The smallest absolute Gasteiger partial charge is 0.135 e. The van der Waals surface area contributed by atoms with E-state index in [1.54, 1.807) is 11.8 Å². The van der Waals surface area contributed by atoms with Crippen LogP contribution in [-0.4, -0.2) is 22.8 Å². The molecule has 0 spiro atoms. The Morgan fingerprint density at radius 2 is 2.13 bits per heavy atom. The molecule has 3 nitrogen and oxygen atoms in total. The van der Waals surface area contributed by atoms with Crippen molar-refractivity contribution < 1.29 is 0 Å². The summed E-state index contributed by atoms with van der Waals surface area (Å²) < 4.78 is 0. The molecule has 0 unspecified atom stereocenters. The Balaban J connectivity index is 2.37. The van der Waals surface area contributed by atoms with Gasteiger partial charge in [0.05, 0.1) is 0 Å². The van der Waals surface area contributed by atoms with Crippen molar-refractivity contribution in [2.45, 2.75) is 37.6 Å². The molecule has 0 bridgehead atoms. The summed E-state index contributed by atoms with van der Waals surface area (Å²) in [7, 11) is 0. The summed E-state index contributed by atoms with van der Waals surface area (Å²) in [6.07, 6.45) is 4.58. The van der Waals surface area contributed by atoms with Crippen molar-refractivity contribution in [3.05, 3.63) is 11.4 Å². The maximum atomic E-state index is 4.61. The highest BCUT2D eigenvalue weighted by molar-refractivity contribution is 7.98. The molecule has 1 aromatic rings. The molecule has 0 radical (unpaired) electrons. The lowest BCUT2D eigenvalue weighted by atomic mass is 10.3. The van der Waals surface area contributed by atoms with Gasteiger partial charge in [-0.15, -0.1) is 11.8 Å². The monoisotopic (exact) mass is 223 g/mol. The number of aromatic nitrogens is 2. The average molecular weight is 223 g/mol. The van der Waals surface area contributed by atoms with Crippen LogP contribution in [0, 0.1) is 6.92 Å². The lowest BCUT2D eigenvalue weighted by Crippen LogP contribution is -2.06. The first kappa shape index (κ1) is 10.7. The number of anilines is 1. The van der Waals surface area contributed by atoms with Crippen LogP contribution in [0.5, 0.6) is 0 Å². The standard InChI is InChI=1S/C11H17N3S/c1-4-12-9-7(2)11(15-3)14-10(13-9)8-5-6-8/h8H,4-6H2,1-3H3,(H,12,13,14). The summed E-state index contributed by atoms with van der Waals surface area (Å²) >= 11 is 1.70. The van der Waals surface area contributed by atoms with Crippen LogP contribution in [0.1, 0.15) is 37.1 Å². The molecular formula is C11H17N3S.